The molecule has 0 heterocycles. The predicted octanol–water partition coefficient (Wildman–Crippen LogP) is 3.00. The number of esters is 1. The van der Waals surface area contributed by atoms with Gasteiger partial charge in [0.25, 0.3) is 5.91 Å². The first-order valence-electron chi connectivity index (χ1n) is 9.28. The van der Waals surface area contributed by atoms with Crippen molar-refractivity contribution in [1.29, 1.82) is 0 Å². The SMILES string of the molecule is CCOc1ccc(NC(=O)NC(=O)COc2cccc(C(=O)OC)c2)cc1OCC. The van der Waals surface area contributed by atoms with Crippen LogP contribution in [0.2, 0.25) is 0 Å². The van der Waals surface area contributed by atoms with Crippen LogP contribution in [-0.2, 0) is 9.53 Å². The normalized spacial score (nSPS) is 9.97. The van der Waals surface area contributed by atoms with Crippen LogP contribution >= 0.6 is 0 Å². The molecule has 2 aromatic rings. The number of carbonyl (C=O) groups excluding carboxylic acids is 3. The van der Waals surface area contributed by atoms with E-state index in [-0.39, 0.29) is 5.56 Å². The molecule has 2 rings (SSSR count). The highest BCUT2D eigenvalue weighted by atomic mass is 16.5. The van der Waals surface area contributed by atoms with Gasteiger partial charge in [0.15, 0.2) is 18.1 Å². The third kappa shape index (κ3) is 6.69. The van der Waals surface area contributed by atoms with E-state index in [4.69, 9.17) is 14.2 Å². The van der Waals surface area contributed by atoms with Gasteiger partial charge in [-0.25, -0.2) is 9.59 Å². The summed E-state index contributed by atoms with van der Waals surface area (Å²) in [5.74, 6) is 0.153. The van der Waals surface area contributed by atoms with Gasteiger partial charge >= 0.3 is 12.0 Å². The predicted molar refractivity (Wildman–Crippen MR) is 109 cm³/mol. The van der Waals surface area contributed by atoms with Crippen LogP contribution < -0.4 is 24.8 Å². The molecule has 3 amide bonds. The standard InChI is InChI=1S/C21H24N2O7/c1-4-28-17-10-9-15(12-18(17)29-5-2)22-21(26)23-19(24)13-30-16-8-6-7-14(11-16)20(25)27-3/h6-12H,4-5,13H2,1-3H3,(H2,22,23,24,26). The molecule has 9 heteroatoms. The summed E-state index contributed by atoms with van der Waals surface area (Å²) in [6.45, 7) is 4.19. The van der Waals surface area contributed by atoms with Gasteiger partial charge in [-0.1, -0.05) is 6.07 Å². The molecule has 0 fully saturated rings. The van der Waals surface area contributed by atoms with E-state index in [9.17, 15) is 14.4 Å². The van der Waals surface area contributed by atoms with E-state index in [1.807, 2.05) is 13.8 Å². The number of rotatable bonds is 9. The Bertz CT molecular complexity index is 899. The Kier molecular flexibility index (Phi) is 8.49. The fraction of sp³-hybridized carbons (Fsp3) is 0.286. The molecule has 0 saturated heterocycles. The van der Waals surface area contributed by atoms with Crippen molar-refractivity contribution in [2.24, 2.45) is 0 Å². The Morgan fingerprint density at radius 1 is 0.900 bits per heavy atom. The number of amides is 3. The van der Waals surface area contributed by atoms with Crippen LogP contribution in [0.4, 0.5) is 10.5 Å². The summed E-state index contributed by atoms with van der Waals surface area (Å²) < 4.78 is 20.9. The number of carbonyl (C=O) groups is 3. The lowest BCUT2D eigenvalue weighted by molar-refractivity contribution is -0.121. The van der Waals surface area contributed by atoms with Gasteiger partial charge in [0.2, 0.25) is 0 Å². The second-order valence-corrected chi connectivity index (χ2v) is 5.84. The molecule has 0 atom stereocenters. The molecule has 2 aromatic carbocycles. The number of urea groups is 1. The first kappa shape index (κ1) is 22.5. The number of hydrogen-bond donors (Lipinski definition) is 2. The molecule has 2 N–H and O–H groups in total. The quantitative estimate of drug-likeness (QED) is 0.604. The van der Waals surface area contributed by atoms with E-state index in [1.165, 1.54) is 13.2 Å². The van der Waals surface area contributed by atoms with E-state index < -0.39 is 24.5 Å². The van der Waals surface area contributed by atoms with Gasteiger partial charge in [0, 0.05) is 11.8 Å². The smallest absolute Gasteiger partial charge is 0.337 e. The molecule has 0 unspecified atom stereocenters. The average Bonchev–Trinajstić information content (AvgIpc) is 2.74. The van der Waals surface area contributed by atoms with Crippen molar-refractivity contribution >= 4 is 23.6 Å². The maximum atomic E-state index is 12.1. The molecule has 9 nitrogen and oxygen atoms in total. The molecular weight excluding hydrogens is 392 g/mol. The van der Waals surface area contributed by atoms with Gasteiger partial charge in [-0.3, -0.25) is 10.1 Å². The molecule has 0 aliphatic heterocycles. The highest BCUT2D eigenvalue weighted by Gasteiger charge is 2.12. The molecule has 0 aliphatic rings. The lowest BCUT2D eigenvalue weighted by Crippen LogP contribution is -2.37. The first-order chi connectivity index (χ1) is 14.5. The first-order valence-corrected chi connectivity index (χ1v) is 9.28. The summed E-state index contributed by atoms with van der Waals surface area (Å²) in [5, 5.41) is 4.71. The minimum Gasteiger partial charge on any atom is -0.490 e. The third-order valence-corrected chi connectivity index (χ3v) is 3.68. The molecule has 0 aliphatic carbocycles. The summed E-state index contributed by atoms with van der Waals surface area (Å²) in [6.07, 6.45) is 0. The van der Waals surface area contributed by atoms with Crippen molar-refractivity contribution in [3.05, 3.63) is 48.0 Å². The van der Waals surface area contributed by atoms with Crippen molar-refractivity contribution in [3.8, 4) is 17.2 Å². The van der Waals surface area contributed by atoms with Crippen LogP contribution in [0.25, 0.3) is 0 Å². The zero-order chi connectivity index (χ0) is 21.9. The average molecular weight is 416 g/mol. The van der Waals surface area contributed by atoms with Crippen LogP contribution in [0.3, 0.4) is 0 Å². The van der Waals surface area contributed by atoms with Crippen LogP contribution in [-0.4, -0.2) is 44.8 Å². The van der Waals surface area contributed by atoms with Gasteiger partial charge in [-0.2, -0.15) is 0 Å². The fourth-order valence-electron chi connectivity index (χ4n) is 2.43. The Morgan fingerprint density at radius 2 is 1.63 bits per heavy atom. The second kappa shape index (κ2) is 11.3. The number of methoxy groups -OCH3 is 1. The van der Waals surface area contributed by atoms with E-state index in [2.05, 4.69) is 15.4 Å². The monoisotopic (exact) mass is 416 g/mol. The Balaban J connectivity index is 1.89. The van der Waals surface area contributed by atoms with Crippen molar-refractivity contribution in [2.45, 2.75) is 13.8 Å². The largest absolute Gasteiger partial charge is 0.490 e. The molecule has 0 spiro atoms. The summed E-state index contributed by atoms with van der Waals surface area (Å²) in [6, 6.07) is 10.3. The summed E-state index contributed by atoms with van der Waals surface area (Å²) in [4.78, 5) is 35.6. The van der Waals surface area contributed by atoms with Gasteiger partial charge in [-0.15, -0.1) is 0 Å². The van der Waals surface area contributed by atoms with E-state index in [1.54, 1.807) is 36.4 Å². The van der Waals surface area contributed by atoms with Crippen LogP contribution in [0.15, 0.2) is 42.5 Å². The number of hydrogen-bond acceptors (Lipinski definition) is 7. The highest BCUT2D eigenvalue weighted by molar-refractivity contribution is 6.01. The van der Waals surface area contributed by atoms with E-state index in [0.29, 0.717) is 36.1 Å². The molecule has 0 radical (unpaired) electrons. The highest BCUT2D eigenvalue weighted by Crippen LogP contribution is 2.30. The Labute approximate surface area is 174 Å². The molecule has 0 aromatic heterocycles. The number of anilines is 1. The van der Waals surface area contributed by atoms with Gasteiger partial charge < -0.3 is 24.3 Å². The van der Waals surface area contributed by atoms with Gasteiger partial charge in [0.05, 0.1) is 25.9 Å². The minimum absolute atomic E-state index is 0.286. The summed E-state index contributed by atoms with van der Waals surface area (Å²) >= 11 is 0. The van der Waals surface area contributed by atoms with E-state index in [0.717, 1.165) is 0 Å². The van der Waals surface area contributed by atoms with Crippen molar-refractivity contribution in [2.75, 3.05) is 32.2 Å². The molecule has 0 saturated carbocycles. The molecule has 30 heavy (non-hydrogen) atoms. The second-order valence-electron chi connectivity index (χ2n) is 5.84. The van der Waals surface area contributed by atoms with Gasteiger partial charge in [-0.05, 0) is 44.2 Å². The van der Waals surface area contributed by atoms with Crippen molar-refractivity contribution < 1.29 is 33.3 Å². The van der Waals surface area contributed by atoms with Crippen LogP contribution in [0.5, 0.6) is 17.2 Å². The lowest BCUT2D eigenvalue weighted by atomic mass is 10.2. The summed E-state index contributed by atoms with van der Waals surface area (Å²) in [7, 11) is 1.27. The summed E-state index contributed by atoms with van der Waals surface area (Å²) in [5.41, 5.74) is 0.715. The number of ether oxygens (including phenoxy) is 4. The zero-order valence-corrected chi connectivity index (χ0v) is 17.0. The Hall–Kier alpha value is -3.75. The fourth-order valence-corrected chi connectivity index (χ4v) is 2.43. The van der Waals surface area contributed by atoms with Crippen molar-refractivity contribution in [3.63, 3.8) is 0 Å². The van der Waals surface area contributed by atoms with E-state index >= 15 is 0 Å². The molecule has 0 bridgehead atoms. The zero-order valence-electron chi connectivity index (χ0n) is 17.0. The lowest BCUT2D eigenvalue weighted by Gasteiger charge is -2.13. The van der Waals surface area contributed by atoms with Crippen molar-refractivity contribution in [1.82, 2.24) is 5.32 Å². The number of benzene rings is 2. The van der Waals surface area contributed by atoms with Gasteiger partial charge in [0.1, 0.15) is 5.75 Å². The Morgan fingerprint density at radius 3 is 2.33 bits per heavy atom. The topological polar surface area (TPSA) is 112 Å². The maximum Gasteiger partial charge on any atom is 0.337 e. The molecular formula is C21H24N2O7. The molecule has 160 valence electrons. The minimum atomic E-state index is -0.724. The third-order valence-electron chi connectivity index (χ3n) is 3.68. The van der Waals surface area contributed by atoms with Crippen LogP contribution in [0.1, 0.15) is 24.2 Å². The maximum absolute atomic E-state index is 12.1. The number of imide groups is 1. The number of nitrogens with one attached hydrogen (secondary N) is 2. The van der Waals surface area contributed by atoms with Crippen LogP contribution in [0, 0.1) is 0 Å².